The summed E-state index contributed by atoms with van der Waals surface area (Å²) in [5, 5.41) is 18.0. The number of methoxy groups -OCH3 is 1. The summed E-state index contributed by atoms with van der Waals surface area (Å²) >= 11 is 0. The monoisotopic (exact) mass is 598 g/mol. The van der Waals surface area contributed by atoms with Gasteiger partial charge in [0.2, 0.25) is 0 Å². The number of aromatic carboxylic acids is 1. The Hall–Kier alpha value is -4.93. The van der Waals surface area contributed by atoms with Crippen molar-refractivity contribution in [2.45, 2.75) is 25.3 Å². The van der Waals surface area contributed by atoms with Gasteiger partial charge in [-0.2, -0.15) is 0 Å². The Labute approximate surface area is 256 Å². The number of para-hydroxylation sites is 1. The molecule has 0 aliphatic heterocycles. The van der Waals surface area contributed by atoms with E-state index >= 15 is 0 Å². The molecular weight excluding hydrogens is 560 g/mol. The second kappa shape index (κ2) is 15.0. The number of hydrogen-bond donors (Lipinski definition) is 5. The van der Waals surface area contributed by atoms with E-state index in [-0.39, 0.29) is 23.7 Å². The van der Waals surface area contributed by atoms with Crippen LogP contribution in [-0.4, -0.2) is 55.2 Å². The number of allylic oxidation sites excluding steroid dienone is 2. The van der Waals surface area contributed by atoms with Gasteiger partial charge in [-0.3, -0.25) is 4.79 Å². The zero-order chi connectivity index (χ0) is 31.5. The Morgan fingerprint density at radius 2 is 1.73 bits per heavy atom. The molecule has 10 nitrogen and oxygen atoms in total. The van der Waals surface area contributed by atoms with Crippen molar-refractivity contribution in [3.63, 3.8) is 0 Å². The highest BCUT2D eigenvalue weighted by Crippen LogP contribution is 2.29. The van der Waals surface area contributed by atoms with Gasteiger partial charge in [0, 0.05) is 24.6 Å². The maximum Gasteiger partial charge on any atom is 0.335 e. The number of hydrogen-bond acceptors (Lipinski definition) is 7. The molecule has 6 N–H and O–H groups in total. The minimum atomic E-state index is -1.19. The number of nitrogens with one attached hydrogen (secondary N) is 3. The second-order valence-corrected chi connectivity index (χ2v) is 10.5. The van der Waals surface area contributed by atoms with E-state index in [9.17, 15) is 14.4 Å². The number of ketones is 1. The molecule has 1 aliphatic carbocycles. The first kappa shape index (κ1) is 32.0. The summed E-state index contributed by atoms with van der Waals surface area (Å²) in [4.78, 5) is 37.1. The van der Waals surface area contributed by atoms with E-state index in [1.165, 1.54) is 19.2 Å². The van der Waals surface area contributed by atoms with Crippen molar-refractivity contribution in [2.75, 3.05) is 37.4 Å². The van der Waals surface area contributed by atoms with Crippen LogP contribution >= 0.6 is 0 Å². The molecule has 230 valence electrons. The van der Waals surface area contributed by atoms with Gasteiger partial charge >= 0.3 is 12.0 Å². The van der Waals surface area contributed by atoms with E-state index in [1.807, 2.05) is 43.3 Å². The summed E-state index contributed by atoms with van der Waals surface area (Å²) in [7, 11) is 1.51. The number of carbonyl (C=O) groups excluding carboxylic acids is 2. The van der Waals surface area contributed by atoms with Gasteiger partial charge in [0.15, 0.2) is 5.78 Å². The number of Topliss-reactive ketones (excluding diaryl/α,β-unsaturated/α-hetero) is 1. The summed E-state index contributed by atoms with van der Waals surface area (Å²) < 4.78 is 11.2. The molecule has 2 amide bonds. The molecular formula is C34H38N4O6. The van der Waals surface area contributed by atoms with Crippen LogP contribution in [0.5, 0.6) is 11.5 Å². The van der Waals surface area contributed by atoms with Gasteiger partial charge in [0.1, 0.15) is 17.0 Å². The number of carbonyl (C=O) groups is 3. The second-order valence-electron chi connectivity index (χ2n) is 10.5. The van der Waals surface area contributed by atoms with Gasteiger partial charge in [-0.15, -0.1) is 0 Å². The fourth-order valence-corrected chi connectivity index (χ4v) is 4.85. The lowest BCUT2D eigenvalue weighted by atomic mass is 9.76. The third-order valence-electron chi connectivity index (χ3n) is 7.43. The highest BCUT2D eigenvalue weighted by Gasteiger charge is 2.38. The Morgan fingerprint density at radius 3 is 2.45 bits per heavy atom. The molecule has 0 saturated carbocycles. The van der Waals surface area contributed by atoms with Crippen molar-refractivity contribution < 1.29 is 29.0 Å². The van der Waals surface area contributed by atoms with Crippen LogP contribution in [0.3, 0.4) is 0 Å². The summed E-state index contributed by atoms with van der Waals surface area (Å²) in [6, 6.07) is 18.6. The lowest BCUT2D eigenvalue weighted by Gasteiger charge is -2.34. The minimum Gasteiger partial charge on any atom is -0.495 e. The minimum absolute atomic E-state index is 0.0890. The summed E-state index contributed by atoms with van der Waals surface area (Å²) in [6.07, 6.45) is 8.16. The smallest absolute Gasteiger partial charge is 0.335 e. The molecule has 0 bridgehead atoms. The number of nitrogens with two attached hydrogens (primary N) is 1. The van der Waals surface area contributed by atoms with Gasteiger partial charge in [-0.05, 0) is 73.5 Å². The van der Waals surface area contributed by atoms with Crippen LogP contribution in [-0.2, 0) is 11.2 Å². The molecule has 44 heavy (non-hydrogen) atoms. The van der Waals surface area contributed by atoms with Crippen LogP contribution in [0.15, 0.2) is 91.0 Å². The maximum absolute atomic E-state index is 13.5. The topological polar surface area (TPSA) is 152 Å². The van der Waals surface area contributed by atoms with E-state index in [4.69, 9.17) is 20.3 Å². The molecule has 0 spiro atoms. The fraction of sp³-hybridized carbons (Fsp3) is 0.265. The van der Waals surface area contributed by atoms with Crippen LogP contribution < -0.4 is 31.2 Å². The number of amides is 2. The van der Waals surface area contributed by atoms with Crippen molar-refractivity contribution in [1.29, 1.82) is 0 Å². The van der Waals surface area contributed by atoms with Crippen LogP contribution in [0.2, 0.25) is 0 Å². The third-order valence-corrected chi connectivity index (χ3v) is 7.43. The van der Waals surface area contributed by atoms with Crippen LogP contribution in [0.1, 0.15) is 27.9 Å². The summed E-state index contributed by atoms with van der Waals surface area (Å²) in [5.74, 6) is -0.338. The van der Waals surface area contributed by atoms with Gasteiger partial charge in [0.25, 0.3) is 0 Å². The molecule has 1 unspecified atom stereocenters. The van der Waals surface area contributed by atoms with Crippen molar-refractivity contribution in [3.05, 3.63) is 108 Å². The number of aryl methyl sites for hydroxylation is 1. The average Bonchev–Trinajstić information content (AvgIpc) is 3.01. The largest absolute Gasteiger partial charge is 0.495 e. The molecule has 3 aromatic carbocycles. The predicted octanol–water partition coefficient (Wildman–Crippen LogP) is 4.96. The van der Waals surface area contributed by atoms with E-state index in [0.717, 1.165) is 5.56 Å². The van der Waals surface area contributed by atoms with Gasteiger partial charge in [0.05, 0.1) is 25.0 Å². The maximum atomic E-state index is 13.5. The molecule has 3 aromatic rings. The van der Waals surface area contributed by atoms with Crippen LogP contribution in [0.4, 0.5) is 16.2 Å². The first-order chi connectivity index (χ1) is 21.2. The van der Waals surface area contributed by atoms with Crippen molar-refractivity contribution >= 4 is 29.2 Å². The number of anilines is 2. The highest BCUT2D eigenvalue weighted by atomic mass is 16.5. The van der Waals surface area contributed by atoms with Crippen molar-refractivity contribution in [2.24, 2.45) is 11.7 Å². The SMILES string of the molecule is COc1cc(CC(=O)C2(N)C=CC=C[C@H]2CNCCCOc2ccc(C(=O)O)cc2)ccc1NC(=O)Nc1ccccc1C. The van der Waals surface area contributed by atoms with Crippen LogP contribution in [0.25, 0.3) is 0 Å². The van der Waals surface area contributed by atoms with Crippen LogP contribution in [0, 0.1) is 12.8 Å². The molecule has 10 heteroatoms. The lowest BCUT2D eigenvalue weighted by Crippen LogP contribution is -2.56. The molecule has 0 saturated heterocycles. The first-order valence-corrected chi connectivity index (χ1v) is 14.3. The molecule has 2 atom stereocenters. The standard InChI is InChI=1S/C34H38N4O6/c1-23-8-3-4-10-28(23)37-33(42)38-29-16-11-24(20-30(29)43-2)21-31(39)34(35)17-6-5-9-26(34)22-36-18-7-19-44-27-14-12-25(13-15-27)32(40)41/h3-6,8-17,20,26,36H,7,18-19,21-22,35H2,1-2H3,(H,40,41)(H2,37,38,42)/t26-,34?/m0/s1. The Kier molecular flexibility index (Phi) is 10.9. The van der Waals surface area contributed by atoms with E-state index < -0.39 is 17.5 Å². The number of carboxylic acids is 1. The highest BCUT2D eigenvalue weighted by molar-refractivity contribution is 6.01. The quantitative estimate of drug-likeness (QED) is 0.163. The van der Waals surface area contributed by atoms with Gasteiger partial charge in [-0.1, -0.05) is 48.6 Å². The molecule has 0 fully saturated rings. The van der Waals surface area contributed by atoms with E-state index in [2.05, 4.69) is 16.0 Å². The number of rotatable bonds is 14. The Balaban J connectivity index is 1.28. The predicted molar refractivity (Wildman–Crippen MR) is 171 cm³/mol. The molecule has 0 aromatic heterocycles. The fourth-order valence-electron chi connectivity index (χ4n) is 4.85. The first-order valence-electron chi connectivity index (χ1n) is 14.3. The van der Waals surface area contributed by atoms with Gasteiger partial charge < -0.3 is 36.3 Å². The number of urea groups is 1. The Bertz CT molecular complexity index is 1530. The van der Waals surface area contributed by atoms with Crippen molar-refractivity contribution in [1.82, 2.24) is 5.32 Å². The molecule has 0 heterocycles. The normalized spacial score (nSPS) is 17.1. The zero-order valence-corrected chi connectivity index (χ0v) is 24.8. The van der Waals surface area contributed by atoms with E-state index in [1.54, 1.807) is 42.5 Å². The third kappa shape index (κ3) is 8.33. The number of ether oxygens (including phenoxy) is 2. The van der Waals surface area contributed by atoms with Gasteiger partial charge in [-0.25, -0.2) is 9.59 Å². The Morgan fingerprint density at radius 1 is 0.977 bits per heavy atom. The number of carboxylic acid groups (broad SMARTS) is 1. The average molecular weight is 599 g/mol. The number of benzene rings is 3. The molecule has 0 radical (unpaired) electrons. The molecule has 1 aliphatic rings. The zero-order valence-electron chi connectivity index (χ0n) is 24.8. The van der Waals surface area contributed by atoms with Crippen molar-refractivity contribution in [3.8, 4) is 11.5 Å². The van der Waals surface area contributed by atoms with E-state index in [0.29, 0.717) is 54.6 Å². The summed E-state index contributed by atoms with van der Waals surface area (Å²) in [6.45, 7) is 3.51. The summed E-state index contributed by atoms with van der Waals surface area (Å²) in [5.41, 5.74) is 8.55. The lowest BCUT2D eigenvalue weighted by molar-refractivity contribution is -0.123. The molecule has 4 rings (SSSR count).